The molecule has 4 heteroatoms. The lowest BCUT2D eigenvalue weighted by atomic mass is 10.2. The van der Waals surface area contributed by atoms with Crippen LogP contribution in [0, 0.1) is 6.92 Å². The Kier molecular flexibility index (Phi) is 6.37. The third kappa shape index (κ3) is 5.52. The van der Waals surface area contributed by atoms with Crippen LogP contribution in [-0.2, 0) is 0 Å². The van der Waals surface area contributed by atoms with Gasteiger partial charge in [-0.15, -0.1) is 0 Å². The molecule has 1 N–H and O–H groups in total. The van der Waals surface area contributed by atoms with Crippen molar-refractivity contribution in [3.63, 3.8) is 0 Å². The highest BCUT2D eigenvalue weighted by atomic mass is 16.5. The van der Waals surface area contributed by atoms with E-state index in [1.54, 1.807) is 0 Å². The van der Waals surface area contributed by atoms with Gasteiger partial charge in [-0.05, 0) is 20.3 Å². The van der Waals surface area contributed by atoms with E-state index in [4.69, 9.17) is 4.74 Å². The summed E-state index contributed by atoms with van der Waals surface area (Å²) in [4.78, 5) is 8.58. The third-order valence-corrected chi connectivity index (χ3v) is 2.41. The van der Waals surface area contributed by atoms with Gasteiger partial charge in [0.1, 0.15) is 0 Å². The summed E-state index contributed by atoms with van der Waals surface area (Å²) in [5.41, 5.74) is 0.930. The molecule has 0 amide bonds. The molecule has 0 aliphatic heterocycles. The summed E-state index contributed by atoms with van der Waals surface area (Å²) in [6.07, 6.45) is 4.83. The van der Waals surface area contributed by atoms with Crippen LogP contribution in [0.25, 0.3) is 0 Å². The van der Waals surface area contributed by atoms with Crippen molar-refractivity contribution in [2.45, 2.75) is 46.5 Å². The summed E-state index contributed by atoms with van der Waals surface area (Å²) in [5, 5.41) is 3.10. The molecule has 0 aromatic carbocycles. The van der Waals surface area contributed by atoms with Gasteiger partial charge in [-0.3, -0.25) is 0 Å². The summed E-state index contributed by atoms with van der Waals surface area (Å²) in [6.45, 7) is 7.74. The number of rotatable bonds is 8. The van der Waals surface area contributed by atoms with Gasteiger partial charge >= 0.3 is 0 Å². The maximum Gasteiger partial charge on any atom is 0.226 e. The molecule has 0 radical (unpaired) electrons. The number of aromatic nitrogens is 2. The van der Waals surface area contributed by atoms with Crippen molar-refractivity contribution in [1.82, 2.24) is 9.97 Å². The quantitative estimate of drug-likeness (QED) is 0.705. The Morgan fingerprint density at radius 2 is 2.00 bits per heavy atom. The third-order valence-electron chi connectivity index (χ3n) is 2.41. The van der Waals surface area contributed by atoms with Crippen LogP contribution in [0.3, 0.4) is 0 Å². The molecule has 1 aromatic rings. The van der Waals surface area contributed by atoms with Gasteiger partial charge in [0.25, 0.3) is 0 Å². The van der Waals surface area contributed by atoms with E-state index in [0.717, 1.165) is 25.3 Å². The number of nitrogens with zero attached hydrogens (tertiary/aromatic N) is 2. The highest BCUT2D eigenvalue weighted by Crippen LogP contribution is 2.12. The first kappa shape index (κ1) is 13.7. The van der Waals surface area contributed by atoms with Crippen LogP contribution in [0.5, 0.6) is 5.88 Å². The minimum absolute atomic E-state index is 0.649. The molecule has 0 unspecified atom stereocenters. The fourth-order valence-corrected chi connectivity index (χ4v) is 1.56. The summed E-state index contributed by atoms with van der Waals surface area (Å²) in [5.74, 6) is 1.32. The molecule has 0 saturated heterocycles. The van der Waals surface area contributed by atoms with E-state index in [1.807, 2.05) is 19.9 Å². The molecule has 96 valence electrons. The lowest BCUT2D eigenvalue weighted by Gasteiger charge is -2.08. The van der Waals surface area contributed by atoms with E-state index in [-0.39, 0.29) is 0 Å². The average Bonchev–Trinajstić information content (AvgIpc) is 2.28. The monoisotopic (exact) mass is 237 g/mol. The fraction of sp³-hybridized carbons (Fsp3) is 0.692. The Hall–Kier alpha value is -1.32. The Balaban J connectivity index is 2.41. The van der Waals surface area contributed by atoms with Crippen molar-refractivity contribution < 1.29 is 4.74 Å². The topological polar surface area (TPSA) is 47.0 Å². The van der Waals surface area contributed by atoms with Crippen molar-refractivity contribution in [2.24, 2.45) is 0 Å². The first-order valence-corrected chi connectivity index (χ1v) is 6.48. The zero-order chi connectivity index (χ0) is 12.5. The molecule has 17 heavy (non-hydrogen) atoms. The summed E-state index contributed by atoms with van der Waals surface area (Å²) < 4.78 is 5.63. The van der Waals surface area contributed by atoms with Crippen molar-refractivity contribution in [2.75, 3.05) is 18.5 Å². The van der Waals surface area contributed by atoms with Crippen LogP contribution >= 0.6 is 0 Å². The molecule has 0 aliphatic carbocycles. The predicted molar refractivity (Wildman–Crippen MR) is 70.6 cm³/mol. The molecular formula is C13H23N3O. The van der Waals surface area contributed by atoms with Crippen molar-refractivity contribution in [3.8, 4) is 5.88 Å². The Morgan fingerprint density at radius 3 is 2.71 bits per heavy atom. The standard InChI is InChI=1S/C13H23N3O/c1-4-6-7-8-9-17-12-10-11(3)15-13(16-12)14-5-2/h10H,4-9H2,1-3H3,(H,14,15,16). The Labute approximate surface area is 104 Å². The lowest BCUT2D eigenvalue weighted by molar-refractivity contribution is 0.293. The fourth-order valence-electron chi connectivity index (χ4n) is 1.56. The maximum atomic E-state index is 5.63. The average molecular weight is 237 g/mol. The van der Waals surface area contributed by atoms with E-state index < -0.39 is 0 Å². The Morgan fingerprint density at radius 1 is 1.18 bits per heavy atom. The van der Waals surface area contributed by atoms with Gasteiger partial charge in [0.05, 0.1) is 6.61 Å². The van der Waals surface area contributed by atoms with Crippen molar-refractivity contribution >= 4 is 5.95 Å². The number of hydrogen-bond donors (Lipinski definition) is 1. The predicted octanol–water partition coefficient (Wildman–Crippen LogP) is 3.18. The Bertz CT molecular complexity index is 328. The van der Waals surface area contributed by atoms with Gasteiger partial charge in [-0.25, -0.2) is 4.98 Å². The molecule has 0 spiro atoms. The molecular weight excluding hydrogens is 214 g/mol. The molecule has 0 saturated carbocycles. The lowest BCUT2D eigenvalue weighted by Crippen LogP contribution is -2.06. The first-order chi connectivity index (χ1) is 8.26. The van der Waals surface area contributed by atoms with Gasteiger partial charge in [0, 0.05) is 18.3 Å². The second-order valence-corrected chi connectivity index (χ2v) is 4.11. The van der Waals surface area contributed by atoms with Crippen LogP contribution in [0.4, 0.5) is 5.95 Å². The van der Waals surface area contributed by atoms with Crippen molar-refractivity contribution in [3.05, 3.63) is 11.8 Å². The molecule has 0 aliphatic rings. The van der Waals surface area contributed by atoms with E-state index >= 15 is 0 Å². The molecule has 1 aromatic heterocycles. The van der Waals surface area contributed by atoms with Crippen LogP contribution in [0.15, 0.2) is 6.07 Å². The minimum atomic E-state index is 0.649. The van der Waals surface area contributed by atoms with E-state index in [9.17, 15) is 0 Å². The highest BCUT2D eigenvalue weighted by Gasteiger charge is 2.01. The number of nitrogens with one attached hydrogen (secondary N) is 1. The van der Waals surface area contributed by atoms with Crippen molar-refractivity contribution in [1.29, 1.82) is 0 Å². The number of aryl methyl sites for hydroxylation is 1. The van der Waals surface area contributed by atoms with Crippen LogP contribution in [0.2, 0.25) is 0 Å². The highest BCUT2D eigenvalue weighted by molar-refractivity contribution is 5.30. The molecule has 1 heterocycles. The minimum Gasteiger partial charge on any atom is -0.478 e. The molecule has 0 bridgehead atoms. The second kappa shape index (κ2) is 7.87. The zero-order valence-corrected chi connectivity index (χ0v) is 11.1. The summed E-state index contributed by atoms with van der Waals surface area (Å²) >= 11 is 0. The maximum absolute atomic E-state index is 5.63. The van der Waals surface area contributed by atoms with Gasteiger partial charge in [-0.2, -0.15) is 4.98 Å². The zero-order valence-electron chi connectivity index (χ0n) is 11.1. The SMILES string of the molecule is CCCCCCOc1cc(C)nc(NCC)n1. The number of unbranched alkanes of at least 4 members (excludes halogenated alkanes) is 3. The van der Waals surface area contributed by atoms with Crippen LogP contribution < -0.4 is 10.1 Å². The number of hydrogen-bond acceptors (Lipinski definition) is 4. The van der Waals surface area contributed by atoms with Gasteiger partial charge in [0.2, 0.25) is 11.8 Å². The van der Waals surface area contributed by atoms with E-state index in [2.05, 4.69) is 22.2 Å². The molecule has 0 fully saturated rings. The molecule has 4 nitrogen and oxygen atoms in total. The van der Waals surface area contributed by atoms with Gasteiger partial charge < -0.3 is 10.1 Å². The van der Waals surface area contributed by atoms with Crippen LogP contribution in [0.1, 0.15) is 45.2 Å². The molecule has 1 rings (SSSR count). The summed E-state index contributed by atoms with van der Waals surface area (Å²) in [7, 11) is 0. The van der Waals surface area contributed by atoms with Gasteiger partial charge in [0.15, 0.2) is 0 Å². The van der Waals surface area contributed by atoms with E-state index in [0.29, 0.717) is 11.8 Å². The second-order valence-electron chi connectivity index (χ2n) is 4.11. The number of anilines is 1. The largest absolute Gasteiger partial charge is 0.478 e. The van der Waals surface area contributed by atoms with Crippen LogP contribution in [-0.4, -0.2) is 23.1 Å². The normalized spacial score (nSPS) is 10.3. The van der Waals surface area contributed by atoms with Gasteiger partial charge in [-0.1, -0.05) is 26.2 Å². The number of ether oxygens (including phenoxy) is 1. The van der Waals surface area contributed by atoms with E-state index in [1.165, 1.54) is 19.3 Å². The first-order valence-electron chi connectivity index (χ1n) is 6.48. The summed E-state index contributed by atoms with van der Waals surface area (Å²) in [6, 6.07) is 1.88. The smallest absolute Gasteiger partial charge is 0.226 e. The molecule has 0 atom stereocenters.